The minimum absolute atomic E-state index is 0.200. The Kier molecular flexibility index (Phi) is 4.19. The summed E-state index contributed by atoms with van der Waals surface area (Å²) in [5.41, 5.74) is 0.830. The Balaban J connectivity index is 1.93. The standard InChI is InChI=1S/C13H15ClFNO2/c14-11-3-10(4-12(15)6-11)8-16-2-1-9(7-16)5-13(17)18/h3-4,6,9H,1-2,5,7-8H2,(H,17,18). The average Bonchev–Trinajstić information content (AvgIpc) is 2.62. The number of halogens is 2. The summed E-state index contributed by atoms with van der Waals surface area (Å²) in [6.07, 6.45) is 1.09. The number of carboxylic acid groups (broad SMARTS) is 1. The van der Waals surface area contributed by atoms with Crippen molar-refractivity contribution in [1.29, 1.82) is 0 Å². The van der Waals surface area contributed by atoms with Gasteiger partial charge < -0.3 is 5.11 Å². The van der Waals surface area contributed by atoms with E-state index < -0.39 is 5.97 Å². The maximum absolute atomic E-state index is 13.2. The van der Waals surface area contributed by atoms with Gasteiger partial charge >= 0.3 is 5.97 Å². The molecule has 1 heterocycles. The smallest absolute Gasteiger partial charge is 0.303 e. The number of hydrogen-bond acceptors (Lipinski definition) is 2. The maximum Gasteiger partial charge on any atom is 0.303 e. The second-order valence-corrected chi connectivity index (χ2v) is 5.20. The lowest BCUT2D eigenvalue weighted by Crippen LogP contribution is -2.21. The fourth-order valence-electron chi connectivity index (χ4n) is 2.43. The van der Waals surface area contributed by atoms with Crippen molar-refractivity contribution in [1.82, 2.24) is 4.90 Å². The van der Waals surface area contributed by atoms with Crippen LogP contribution in [0, 0.1) is 11.7 Å². The minimum Gasteiger partial charge on any atom is -0.481 e. The molecular formula is C13H15ClFNO2. The summed E-state index contributed by atoms with van der Waals surface area (Å²) in [7, 11) is 0. The molecule has 0 radical (unpaired) electrons. The van der Waals surface area contributed by atoms with Gasteiger partial charge in [0.25, 0.3) is 0 Å². The second kappa shape index (κ2) is 5.67. The zero-order valence-corrected chi connectivity index (χ0v) is 10.7. The largest absolute Gasteiger partial charge is 0.481 e. The van der Waals surface area contributed by atoms with Crippen LogP contribution in [0.3, 0.4) is 0 Å². The summed E-state index contributed by atoms with van der Waals surface area (Å²) in [4.78, 5) is 12.8. The van der Waals surface area contributed by atoms with Gasteiger partial charge in [0.2, 0.25) is 0 Å². The molecule has 0 saturated carbocycles. The van der Waals surface area contributed by atoms with Crippen LogP contribution in [0.2, 0.25) is 5.02 Å². The van der Waals surface area contributed by atoms with Crippen molar-refractivity contribution in [3.05, 3.63) is 34.6 Å². The van der Waals surface area contributed by atoms with E-state index in [1.807, 2.05) is 0 Å². The maximum atomic E-state index is 13.2. The third-order valence-electron chi connectivity index (χ3n) is 3.16. The fourth-order valence-corrected chi connectivity index (χ4v) is 2.67. The Morgan fingerprint density at radius 2 is 2.28 bits per heavy atom. The number of benzene rings is 1. The Bertz CT molecular complexity index is 432. The van der Waals surface area contributed by atoms with Crippen molar-refractivity contribution in [2.45, 2.75) is 19.4 Å². The van der Waals surface area contributed by atoms with E-state index in [-0.39, 0.29) is 18.2 Å². The quantitative estimate of drug-likeness (QED) is 0.915. The van der Waals surface area contributed by atoms with Crippen LogP contribution in [0.25, 0.3) is 0 Å². The van der Waals surface area contributed by atoms with Gasteiger partial charge in [0.15, 0.2) is 0 Å². The highest BCUT2D eigenvalue weighted by atomic mass is 35.5. The number of aliphatic carboxylic acids is 1. The molecule has 3 nitrogen and oxygen atoms in total. The molecule has 1 atom stereocenters. The third-order valence-corrected chi connectivity index (χ3v) is 3.38. The van der Waals surface area contributed by atoms with E-state index >= 15 is 0 Å². The van der Waals surface area contributed by atoms with Gasteiger partial charge in [0.1, 0.15) is 5.82 Å². The Morgan fingerprint density at radius 1 is 1.50 bits per heavy atom. The monoisotopic (exact) mass is 271 g/mol. The van der Waals surface area contributed by atoms with Crippen molar-refractivity contribution in [2.24, 2.45) is 5.92 Å². The van der Waals surface area contributed by atoms with Gasteiger partial charge in [-0.25, -0.2) is 4.39 Å². The fraction of sp³-hybridized carbons (Fsp3) is 0.462. The lowest BCUT2D eigenvalue weighted by atomic mass is 10.1. The van der Waals surface area contributed by atoms with E-state index in [0.29, 0.717) is 11.6 Å². The third kappa shape index (κ3) is 3.68. The number of hydrogen-bond donors (Lipinski definition) is 1. The summed E-state index contributed by atoms with van der Waals surface area (Å²) < 4.78 is 13.2. The normalized spacial score (nSPS) is 20.2. The van der Waals surface area contributed by atoms with Crippen molar-refractivity contribution in [3.8, 4) is 0 Å². The van der Waals surface area contributed by atoms with E-state index in [1.54, 1.807) is 6.07 Å². The lowest BCUT2D eigenvalue weighted by molar-refractivity contribution is -0.138. The highest BCUT2D eigenvalue weighted by Gasteiger charge is 2.24. The first-order chi connectivity index (χ1) is 8.52. The molecule has 0 aromatic heterocycles. The molecule has 1 saturated heterocycles. The van der Waals surface area contributed by atoms with Crippen LogP contribution in [-0.2, 0) is 11.3 Å². The Morgan fingerprint density at radius 3 is 2.94 bits per heavy atom. The van der Waals surface area contributed by atoms with E-state index in [0.717, 1.165) is 25.1 Å². The number of carboxylic acids is 1. The zero-order chi connectivity index (χ0) is 13.1. The van der Waals surface area contributed by atoms with Crippen LogP contribution in [-0.4, -0.2) is 29.1 Å². The second-order valence-electron chi connectivity index (χ2n) is 4.77. The van der Waals surface area contributed by atoms with Crippen molar-refractivity contribution >= 4 is 17.6 Å². The molecule has 0 bridgehead atoms. The van der Waals surface area contributed by atoms with Crippen LogP contribution in [0.1, 0.15) is 18.4 Å². The molecule has 1 aromatic carbocycles. The molecular weight excluding hydrogens is 257 g/mol. The van der Waals surface area contributed by atoms with Gasteiger partial charge in [-0.2, -0.15) is 0 Å². The van der Waals surface area contributed by atoms with Crippen LogP contribution in [0.15, 0.2) is 18.2 Å². The highest BCUT2D eigenvalue weighted by Crippen LogP contribution is 2.22. The molecule has 1 aromatic rings. The molecule has 0 aliphatic carbocycles. The molecule has 18 heavy (non-hydrogen) atoms. The van der Waals surface area contributed by atoms with Crippen molar-refractivity contribution in [3.63, 3.8) is 0 Å². The van der Waals surface area contributed by atoms with Crippen molar-refractivity contribution in [2.75, 3.05) is 13.1 Å². The Hall–Kier alpha value is -1.13. The van der Waals surface area contributed by atoms with Crippen molar-refractivity contribution < 1.29 is 14.3 Å². The van der Waals surface area contributed by atoms with Crippen LogP contribution in [0.5, 0.6) is 0 Å². The predicted octanol–water partition coefficient (Wildman–Crippen LogP) is 2.78. The van der Waals surface area contributed by atoms with Crippen LogP contribution in [0.4, 0.5) is 4.39 Å². The van der Waals surface area contributed by atoms with E-state index in [2.05, 4.69) is 4.90 Å². The molecule has 1 N–H and O–H groups in total. The number of likely N-dealkylation sites (tertiary alicyclic amines) is 1. The number of carbonyl (C=O) groups is 1. The lowest BCUT2D eigenvalue weighted by Gasteiger charge is -2.15. The Labute approximate surface area is 110 Å². The molecule has 1 aliphatic heterocycles. The van der Waals surface area contributed by atoms with Gasteiger partial charge in [-0.3, -0.25) is 9.69 Å². The molecule has 1 unspecified atom stereocenters. The molecule has 5 heteroatoms. The number of rotatable bonds is 4. The topological polar surface area (TPSA) is 40.5 Å². The predicted molar refractivity (Wildman–Crippen MR) is 67.0 cm³/mol. The SMILES string of the molecule is O=C(O)CC1CCN(Cc2cc(F)cc(Cl)c2)C1. The molecule has 1 fully saturated rings. The van der Waals surface area contributed by atoms with Crippen LogP contribution < -0.4 is 0 Å². The highest BCUT2D eigenvalue weighted by molar-refractivity contribution is 6.30. The van der Waals surface area contributed by atoms with E-state index in [4.69, 9.17) is 16.7 Å². The van der Waals surface area contributed by atoms with E-state index in [9.17, 15) is 9.18 Å². The summed E-state index contributed by atoms with van der Waals surface area (Å²) >= 11 is 5.80. The average molecular weight is 272 g/mol. The summed E-state index contributed by atoms with van der Waals surface area (Å²) in [6.45, 7) is 2.22. The molecule has 2 rings (SSSR count). The van der Waals surface area contributed by atoms with Gasteiger partial charge in [-0.15, -0.1) is 0 Å². The summed E-state index contributed by atoms with van der Waals surface area (Å²) in [5, 5.41) is 9.13. The van der Waals surface area contributed by atoms with Gasteiger partial charge in [-0.05, 0) is 42.6 Å². The van der Waals surface area contributed by atoms with Gasteiger partial charge in [-0.1, -0.05) is 11.6 Å². The van der Waals surface area contributed by atoms with Crippen LogP contribution >= 0.6 is 11.6 Å². The van der Waals surface area contributed by atoms with Gasteiger partial charge in [0, 0.05) is 24.5 Å². The van der Waals surface area contributed by atoms with Gasteiger partial charge in [0.05, 0.1) is 0 Å². The molecule has 0 spiro atoms. The first-order valence-corrected chi connectivity index (χ1v) is 6.30. The van der Waals surface area contributed by atoms with E-state index in [1.165, 1.54) is 12.1 Å². The molecule has 0 amide bonds. The first-order valence-electron chi connectivity index (χ1n) is 5.92. The molecule has 1 aliphatic rings. The zero-order valence-electron chi connectivity index (χ0n) is 9.90. The molecule has 98 valence electrons. The first kappa shape index (κ1) is 13.3. The number of nitrogens with zero attached hydrogens (tertiary/aromatic N) is 1. The summed E-state index contributed by atoms with van der Waals surface area (Å²) in [6, 6.07) is 4.49. The minimum atomic E-state index is -0.754. The summed E-state index contributed by atoms with van der Waals surface area (Å²) in [5.74, 6) is -0.888.